The fourth-order valence-corrected chi connectivity index (χ4v) is 1.49. The van der Waals surface area contributed by atoms with Crippen molar-refractivity contribution in [1.82, 2.24) is 0 Å². The maximum absolute atomic E-state index is 8.66. The topological polar surface area (TPSA) is 56.8 Å². The van der Waals surface area contributed by atoms with Gasteiger partial charge in [0.05, 0.1) is 11.1 Å². The Hall–Kier alpha value is -1.97. The minimum Gasteiger partial charge on any atom is -0.489 e. The number of allylic oxidation sites excluding steroid dienone is 1. The molecule has 0 saturated carbocycles. The second-order valence-electron chi connectivity index (χ2n) is 3.81. The Morgan fingerprint density at radius 2 is 2.11 bits per heavy atom. The van der Waals surface area contributed by atoms with Crippen LogP contribution in [0.25, 0.3) is 6.08 Å². The minimum absolute atomic E-state index is 0.0432. The maximum Gasteiger partial charge on any atom is 0.138 e. The number of nitrogens with zero attached hydrogens (tertiary/aromatic N) is 2. The predicted molar refractivity (Wildman–Crippen MR) is 71.0 cm³/mol. The second-order valence-corrected chi connectivity index (χ2v) is 4.22. The molecule has 3 nitrogen and oxygen atoms in total. The van der Waals surface area contributed by atoms with Crippen LogP contribution in [0.3, 0.4) is 0 Å². The van der Waals surface area contributed by atoms with Crippen molar-refractivity contribution >= 4 is 17.7 Å². The second kappa shape index (κ2) is 6.69. The lowest BCUT2D eigenvalue weighted by atomic mass is 10.1. The summed E-state index contributed by atoms with van der Waals surface area (Å²) in [4.78, 5) is 0. The van der Waals surface area contributed by atoms with E-state index in [-0.39, 0.29) is 11.7 Å². The molecule has 0 aliphatic rings. The van der Waals surface area contributed by atoms with Gasteiger partial charge in [-0.3, -0.25) is 0 Å². The molecule has 1 unspecified atom stereocenters. The van der Waals surface area contributed by atoms with Crippen LogP contribution < -0.4 is 4.74 Å². The van der Waals surface area contributed by atoms with Gasteiger partial charge in [0.25, 0.3) is 0 Å². The smallest absolute Gasteiger partial charge is 0.138 e. The SMILES string of the molecule is CCC(C)Oc1ccc(C=C(C#N)C#N)cc1Cl. The zero-order valence-corrected chi connectivity index (χ0v) is 11.0. The van der Waals surface area contributed by atoms with Gasteiger partial charge in [-0.05, 0) is 37.1 Å². The average molecular weight is 261 g/mol. The van der Waals surface area contributed by atoms with E-state index in [0.717, 1.165) is 6.42 Å². The molecule has 0 bridgehead atoms. The summed E-state index contributed by atoms with van der Waals surface area (Å²) in [5, 5.41) is 17.8. The largest absolute Gasteiger partial charge is 0.489 e. The first-order chi connectivity index (χ1) is 8.60. The molecule has 0 radical (unpaired) electrons. The Bertz CT molecular complexity index is 522. The lowest BCUT2D eigenvalue weighted by Crippen LogP contribution is -2.09. The molecular formula is C14H13ClN2O. The number of rotatable bonds is 4. The van der Waals surface area contributed by atoms with Crippen LogP contribution in [-0.2, 0) is 0 Å². The third-order valence-electron chi connectivity index (χ3n) is 2.41. The molecule has 0 spiro atoms. The molecule has 0 aromatic heterocycles. The highest BCUT2D eigenvalue weighted by atomic mass is 35.5. The van der Waals surface area contributed by atoms with Crippen LogP contribution in [0.4, 0.5) is 0 Å². The summed E-state index contributed by atoms with van der Waals surface area (Å²) in [6.45, 7) is 4.00. The van der Waals surface area contributed by atoms with Gasteiger partial charge in [0.1, 0.15) is 23.5 Å². The molecule has 1 aromatic rings. The highest BCUT2D eigenvalue weighted by Crippen LogP contribution is 2.27. The summed E-state index contributed by atoms with van der Waals surface area (Å²) in [6, 6.07) is 8.78. The van der Waals surface area contributed by atoms with Crippen molar-refractivity contribution in [2.75, 3.05) is 0 Å². The molecule has 0 saturated heterocycles. The molecular weight excluding hydrogens is 248 g/mol. The number of hydrogen-bond donors (Lipinski definition) is 0. The normalized spacial score (nSPS) is 10.9. The van der Waals surface area contributed by atoms with Gasteiger partial charge in [0.15, 0.2) is 0 Å². The number of benzene rings is 1. The van der Waals surface area contributed by atoms with Crippen molar-refractivity contribution in [3.63, 3.8) is 0 Å². The van der Waals surface area contributed by atoms with Crippen LogP contribution in [0, 0.1) is 22.7 Å². The number of hydrogen-bond acceptors (Lipinski definition) is 3. The van der Waals surface area contributed by atoms with E-state index in [0.29, 0.717) is 16.3 Å². The third-order valence-corrected chi connectivity index (χ3v) is 2.71. The van der Waals surface area contributed by atoms with Crippen molar-refractivity contribution < 1.29 is 4.74 Å². The third kappa shape index (κ3) is 3.80. The highest BCUT2D eigenvalue weighted by Gasteiger charge is 2.06. The van der Waals surface area contributed by atoms with Crippen molar-refractivity contribution in [1.29, 1.82) is 10.5 Å². The number of halogens is 1. The van der Waals surface area contributed by atoms with E-state index in [1.165, 1.54) is 6.08 Å². The summed E-state index contributed by atoms with van der Waals surface area (Å²) in [5.41, 5.74) is 0.747. The van der Waals surface area contributed by atoms with Crippen LogP contribution in [-0.4, -0.2) is 6.10 Å². The Labute approximate surface area is 112 Å². The van der Waals surface area contributed by atoms with E-state index in [1.54, 1.807) is 30.3 Å². The number of nitriles is 2. The summed E-state index contributed by atoms with van der Waals surface area (Å²) < 4.78 is 5.62. The van der Waals surface area contributed by atoms with E-state index >= 15 is 0 Å². The fourth-order valence-electron chi connectivity index (χ4n) is 1.26. The van der Waals surface area contributed by atoms with Crippen LogP contribution in [0.15, 0.2) is 23.8 Å². The molecule has 4 heteroatoms. The molecule has 1 rings (SSSR count). The van der Waals surface area contributed by atoms with Crippen molar-refractivity contribution in [2.24, 2.45) is 0 Å². The van der Waals surface area contributed by atoms with Crippen LogP contribution in [0.1, 0.15) is 25.8 Å². The van der Waals surface area contributed by atoms with E-state index in [4.69, 9.17) is 26.9 Å². The first kappa shape index (κ1) is 14.1. The first-order valence-electron chi connectivity index (χ1n) is 5.58. The molecule has 0 N–H and O–H groups in total. The lowest BCUT2D eigenvalue weighted by molar-refractivity contribution is 0.217. The zero-order valence-electron chi connectivity index (χ0n) is 10.3. The molecule has 0 amide bonds. The van der Waals surface area contributed by atoms with Crippen molar-refractivity contribution in [3.8, 4) is 17.9 Å². The van der Waals surface area contributed by atoms with Crippen LogP contribution in [0.2, 0.25) is 5.02 Å². The van der Waals surface area contributed by atoms with Gasteiger partial charge in [-0.2, -0.15) is 10.5 Å². The van der Waals surface area contributed by atoms with Crippen molar-refractivity contribution in [3.05, 3.63) is 34.4 Å². The fraction of sp³-hybridized carbons (Fsp3) is 0.286. The van der Waals surface area contributed by atoms with E-state index in [1.807, 2.05) is 13.8 Å². The van der Waals surface area contributed by atoms with E-state index in [9.17, 15) is 0 Å². The average Bonchev–Trinajstić information content (AvgIpc) is 2.38. The first-order valence-corrected chi connectivity index (χ1v) is 5.96. The molecule has 0 aliphatic carbocycles. The van der Waals surface area contributed by atoms with Gasteiger partial charge in [-0.15, -0.1) is 0 Å². The molecule has 0 heterocycles. The van der Waals surface area contributed by atoms with Gasteiger partial charge in [-0.1, -0.05) is 24.6 Å². The van der Waals surface area contributed by atoms with E-state index < -0.39 is 0 Å². The predicted octanol–water partition coefficient (Wildman–Crippen LogP) is 3.95. The van der Waals surface area contributed by atoms with Gasteiger partial charge in [0, 0.05) is 0 Å². The summed E-state index contributed by atoms with van der Waals surface area (Å²) in [7, 11) is 0. The standard InChI is InChI=1S/C14H13ClN2O/c1-3-10(2)18-14-5-4-11(7-13(14)15)6-12(8-16)9-17/h4-7,10H,3H2,1-2H3. The highest BCUT2D eigenvalue weighted by molar-refractivity contribution is 6.32. The monoisotopic (exact) mass is 260 g/mol. The molecule has 0 fully saturated rings. The summed E-state index contributed by atoms with van der Waals surface area (Å²) in [6.07, 6.45) is 2.47. The quantitative estimate of drug-likeness (QED) is 0.770. The molecule has 1 atom stereocenters. The zero-order chi connectivity index (χ0) is 13.5. The molecule has 92 valence electrons. The number of ether oxygens (including phenoxy) is 1. The summed E-state index contributed by atoms with van der Waals surface area (Å²) in [5.74, 6) is 0.610. The maximum atomic E-state index is 8.66. The van der Waals surface area contributed by atoms with Crippen molar-refractivity contribution in [2.45, 2.75) is 26.4 Å². The molecule has 18 heavy (non-hydrogen) atoms. The molecule has 1 aromatic carbocycles. The minimum atomic E-state index is 0.0432. The van der Waals surface area contributed by atoms with Crippen LogP contribution in [0.5, 0.6) is 5.75 Å². The van der Waals surface area contributed by atoms with E-state index in [2.05, 4.69) is 0 Å². The van der Waals surface area contributed by atoms with Gasteiger partial charge >= 0.3 is 0 Å². The Kier molecular flexibility index (Phi) is 5.24. The Morgan fingerprint density at radius 3 is 2.61 bits per heavy atom. The summed E-state index contributed by atoms with van der Waals surface area (Å²) >= 11 is 6.08. The Balaban J connectivity index is 2.97. The molecule has 0 aliphatic heterocycles. The van der Waals surface area contributed by atoms with Gasteiger partial charge in [0.2, 0.25) is 0 Å². The van der Waals surface area contributed by atoms with Crippen LogP contribution >= 0.6 is 11.6 Å². The lowest BCUT2D eigenvalue weighted by Gasteiger charge is -2.13. The van der Waals surface area contributed by atoms with Gasteiger partial charge < -0.3 is 4.74 Å². The van der Waals surface area contributed by atoms with Gasteiger partial charge in [-0.25, -0.2) is 0 Å². The Morgan fingerprint density at radius 1 is 1.44 bits per heavy atom.